The minimum atomic E-state index is -1.05. The predicted molar refractivity (Wildman–Crippen MR) is 108 cm³/mol. The highest BCUT2D eigenvalue weighted by atomic mass is 16.8. The number of amides is 1. The highest BCUT2D eigenvalue weighted by Crippen LogP contribution is 2.33. The average molecular weight is 422 g/mol. The summed E-state index contributed by atoms with van der Waals surface area (Å²) in [5, 5.41) is 0. The number of ether oxygens (including phenoxy) is 5. The van der Waals surface area contributed by atoms with Gasteiger partial charge in [0.2, 0.25) is 13.1 Å². The lowest BCUT2D eigenvalue weighted by atomic mass is 10.1. The van der Waals surface area contributed by atoms with Crippen molar-refractivity contribution >= 4 is 12.2 Å². The highest BCUT2D eigenvalue weighted by molar-refractivity contribution is 5.68. The predicted octanol–water partition coefficient (Wildman–Crippen LogP) is 3.01. The van der Waals surface area contributed by atoms with Gasteiger partial charge in [-0.25, -0.2) is 9.59 Å². The quantitative estimate of drug-likeness (QED) is 0.490. The molecule has 3 rings (SSSR count). The number of benzene rings is 1. The van der Waals surface area contributed by atoms with Gasteiger partial charge in [0.25, 0.3) is 0 Å². The van der Waals surface area contributed by atoms with E-state index in [1.807, 2.05) is 39.1 Å². The molecular formula is C21H30N2O7. The summed E-state index contributed by atoms with van der Waals surface area (Å²) in [7, 11) is 1.96. The number of rotatable bonds is 7. The van der Waals surface area contributed by atoms with Gasteiger partial charge in [0.1, 0.15) is 6.10 Å². The number of carbonyl (C=O) groups is 2. The molecule has 1 fully saturated rings. The van der Waals surface area contributed by atoms with Crippen LogP contribution in [-0.4, -0.2) is 74.0 Å². The summed E-state index contributed by atoms with van der Waals surface area (Å²) >= 11 is 0. The van der Waals surface area contributed by atoms with Gasteiger partial charge in [-0.15, -0.1) is 0 Å². The average Bonchev–Trinajstić information content (AvgIpc) is 3.30. The molecule has 3 unspecified atom stereocenters. The standard InChI is InChI=1S/C21H30N2O7/c1-5-23(14(2)10-16-6-7-18-19(11-16)27-13-26-18)20(24)28-15(3)29-21(25)30-17-8-9-22(4)12-17/h6-7,11,14-15,17H,5,8-10,12-13H2,1-4H3. The van der Waals surface area contributed by atoms with Gasteiger partial charge in [-0.1, -0.05) is 6.07 Å². The number of carbonyl (C=O) groups excluding carboxylic acids is 2. The van der Waals surface area contributed by atoms with E-state index in [0.717, 1.165) is 24.3 Å². The van der Waals surface area contributed by atoms with E-state index >= 15 is 0 Å². The van der Waals surface area contributed by atoms with E-state index < -0.39 is 18.5 Å². The summed E-state index contributed by atoms with van der Waals surface area (Å²) in [5.74, 6) is 1.43. The van der Waals surface area contributed by atoms with Gasteiger partial charge in [0.15, 0.2) is 11.5 Å². The molecule has 30 heavy (non-hydrogen) atoms. The van der Waals surface area contributed by atoms with Crippen molar-refractivity contribution in [2.24, 2.45) is 0 Å². The van der Waals surface area contributed by atoms with Crippen molar-refractivity contribution in [2.75, 3.05) is 33.5 Å². The van der Waals surface area contributed by atoms with Crippen molar-refractivity contribution in [3.8, 4) is 11.5 Å². The molecule has 0 aromatic heterocycles. The summed E-state index contributed by atoms with van der Waals surface area (Å²) in [6.45, 7) is 7.52. The lowest BCUT2D eigenvalue weighted by Gasteiger charge is -2.28. The fourth-order valence-corrected chi connectivity index (χ4v) is 3.66. The van der Waals surface area contributed by atoms with Crippen LogP contribution >= 0.6 is 0 Å². The molecular weight excluding hydrogens is 392 g/mol. The van der Waals surface area contributed by atoms with Gasteiger partial charge in [-0.2, -0.15) is 0 Å². The zero-order valence-electron chi connectivity index (χ0n) is 18.0. The van der Waals surface area contributed by atoms with E-state index in [4.69, 9.17) is 23.7 Å². The van der Waals surface area contributed by atoms with Gasteiger partial charge in [-0.05, 0) is 51.4 Å². The van der Waals surface area contributed by atoms with Gasteiger partial charge in [-0.3, -0.25) is 0 Å². The Morgan fingerprint density at radius 3 is 2.70 bits per heavy atom. The summed E-state index contributed by atoms with van der Waals surface area (Å²) in [6, 6.07) is 5.60. The lowest BCUT2D eigenvalue weighted by Crippen LogP contribution is -2.42. The molecule has 1 aromatic rings. The Hall–Kier alpha value is -2.68. The maximum absolute atomic E-state index is 12.6. The smallest absolute Gasteiger partial charge is 0.454 e. The second-order valence-corrected chi connectivity index (χ2v) is 7.64. The van der Waals surface area contributed by atoms with Gasteiger partial charge >= 0.3 is 12.2 Å². The van der Waals surface area contributed by atoms with E-state index in [0.29, 0.717) is 25.3 Å². The number of likely N-dealkylation sites (tertiary alicyclic amines) is 1. The Bertz CT molecular complexity index is 757. The molecule has 0 spiro atoms. The first-order valence-electron chi connectivity index (χ1n) is 10.3. The summed E-state index contributed by atoms with van der Waals surface area (Å²) < 4.78 is 26.4. The molecule has 0 bridgehead atoms. The van der Waals surface area contributed by atoms with Crippen LogP contribution < -0.4 is 9.47 Å². The third-order valence-electron chi connectivity index (χ3n) is 5.22. The van der Waals surface area contributed by atoms with Crippen LogP contribution in [0.5, 0.6) is 11.5 Å². The van der Waals surface area contributed by atoms with Crippen LogP contribution in [0.1, 0.15) is 32.8 Å². The molecule has 9 nitrogen and oxygen atoms in total. The molecule has 3 atom stereocenters. The van der Waals surface area contributed by atoms with Gasteiger partial charge < -0.3 is 33.5 Å². The highest BCUT2D eigenvalue weighted by Gasteiger charge is 2.27. The van der Waals surface area contributed by atoms with Crippen molar-refractivity contribution in [3.63, 3.8) is 0 Å². The SMILES string of the molecule is CCN(C(=O)OC(C)OC(=O)OC1CCN(C)C1)C(C)Cc1ccc2c(c1)OCO2. The number of likely N-dealkylation sites (N-methyl/N-ethyl adjacent to an activating group) is 2. The van der Waals surface area contributed by atoms with Gasteiger partial charge in [0.05, 0.1) is 0 Å². The largest absolute Gasteiger partial charge is 0.511 e. The van der Waals surface area contributed by atoms with Crippen molar-refractivity contribution < 1.29 is 33.3 Å². The molecule has 2 heterocycles. The van der Waals surface area contributed by atoms with Crippen molar-refractivity contribution in [1.82, 2.24) is 9.80 Å². The summed E-state index contributed by atoms with van der Waals surface area (Å²) in [6.07, 6.45) is -1.24. The molecule has 0 N–H and O–H groups in total. The molecule has 2 aliphatic rings. The van der Waals surface area contributed by atoms with E-state index in [2.05, 4.69) is 4.90 Å². The molecule has 0 aliphatic carbocycles. The summed E-state index contributed by atoms with van der Waals surface area (Å²) in [4.78, 5) is 28.2. The van der Waals surface area contributed by atoms with Crippen LogP contribution in [-0.2, 0) is 20.6 Å². The third kappa shape index (κ3) is 5.69. The lowest BCUT2D eigenvalue weighted by molar-refractivity contribution is -0.0904. The molecule has 0 radical (unpaired) electrons. The van der Waals surface area contributed by atoms with Crippen LogP contribution in [0.2, 0.25) is 0 Å². The van der Waals surface area contributed by atoms with E-state index in [1.165, 1.54) is 6.92 Å². The molecule has 1 amide bonds. The first-order chi connectivity index (χ1) is 14.4. The molecule has 9 heteroatoms. The Balaban J connectivity index is 1.47. The van der Waals surface area contributed by atoms with Crippen molar-refractivity contribution in [2.45, 2.75) is 52.0 Å². The molecule has 0 saturated carbocycles. The first kappa shape index (κ1) is 22.0. The zero-order chi connectivity index (χ0) is 21.7. The monoisotopic (exact) mass is 422 g/mol. The first-order valence-corrected chi connectivity index (χ1v) is 10.3. The number of fused-ring (bicyclic) bond motifs is 1. The number of hydrogen-bond acceptors (Lipinski definition) is 8. The maximum Gasteiger partial charge on any atom is 0.511 e. The van der Waals surface area contributed by atoms with Crippen LogP contribution in [0.3, 0.4) is 0 Å². The van der Waals surface area contributed by atoms with Crippen LogP contribution in [0.4, 0.5) is 9.59 Å². The summed E-state index contributed by atoms with van der Waals surface area (Å²) in [5.41, 5.74) is 1.02. The minimum Gasteiger partial charge on any atom is -0.454 e. The number of hydrogen-bond donors (Lipinski definition) is 0. The Labute approximate surface area is 176 Å². The van der Waals surface area contributed by atoms with E-state index in [1.54, 1.807) is 4.90 Å². The van der Waals surface area contributed by atoms with Gasteiger partial charge in [0, 0.05) is 32.6 Å². The number of nitrogens with zero attached hydrogens (tertiary/aromatic N) is 2. The maximum atomic E-state index is 12.6. The second-order valence-electron chi connectivity index (χ2n) is 7.64. The van der Waals surface area contributed by atoms with Crippen LogP contribution in [0.25, 0.3) is 0 Å². The van der Waals surface area contributed by atoms with Crippen molar-refractivity contribution in [1.29, 1.82) is 0 Å². The normalized spacial score (nSPS) is 19.8. The fourth-order valence-electron chi connectivity index (χ4n) is 3.66. The minimum absolute atomic E-state index is 0.129. The van der Waals surface area contributed by atoms with Crippen LogP contribution in [0, 0.1) is 0 Å². The fraction of sp³-hybridized carbons (Fsp3) is 0.619. The molecule has 1 saturated heterocycles. The molecule has 1 aromatic carbocycles. The topological polar surface area (TPSA) is 86.8 Å². The Morgan fingerprint density at radius 1 is 1.23 bits per heavy atom. The van der Waals surface area contributed by atoms with E-state index in [-0.39, 0.29) is 18.9 Å². The molecule has 166 valence electrons. The Morgan fingerprint density at radius 2 is 2.00 bits per heavy atom. The molecule has 2 aliphatic heterocycles. The van der Waals surface area contributed by atoms with Crippen molar-refractivity contribution in [3.05, 3.63) is 23.8 Å². The second kappa shape index (κ2) is 9.88. The van der Waals surface area contributed by atoms with Crippen LogP contribution in [0.15, 0.2) is 18.2 Å². The zero-order valence-corrected chi connectivity index (χ0v) is 18.0. The van der Waals surface area contributed by atoms with E-state index in [9.17, 15) is 9.59 Å². The third-order valence-corrected chi connectivity index (χ3v) is 5.22. The Kier molecular flexibility index (Phi) is 7.25.